The third-order valence-electron chi connectivity index (χ3n) is 5.43. The number of aromatic nitrogens is 5. The highest BCUT2D eigenvalue weighted by Gasteiger charge is 2.38. The molecule has 1 fully saturated rings. The summed E-state index contributed by atoms with van der Waals surface area (Å²) < 4.78 is 58.8. The Bertz CT molecular complexity index is 1100. The number of halogens is 4. The van der Waals surface area contributed by atoms with Crippen LogP contribution < -0.4 is 4.74 Å². The number of carbonyl (C=O) groups excluding carboxylic acids is 1. The first-order valence-corrected chi connectivity index (χ1v) is 10.3. The summed E-state index contributed by atoms with van der Waals surface area (Å²) in [5.41, 5.74) is -1.08. The second-order valence-corrected chi connectivity index (χ2v) is 7.46. The molecule has 1 amide bonds. The first-order valence-electron chi connectivity index (χ1n) is 10.3. The number of hydrogen-bond acceptors (Lipinski definition) is 6. The summed E-state index contributed by atoms with van der Waals surface area (Å²) in [5.74, 6) is -1.33. The summed E-state index contributed by atoms with van der Waals surface area (Å²) in [6.07, 6.45) is 0.797. The maximum Gasteiger partial charge on any atom is 0.434 e. The summed E-state index contributed by atoms with van der Waals surface area (Å²) in [6, 6.07) is 3.76. The van der Waals surface area contributed by atoms with Gasteiger partial charge in [0.15, 0.2) is 5.69 Å². The van der Waals surface area contributed by atoms with Crippen LogP contribution in [0, 0.1) is 5.82 Å². The van der Waals surface area contributed by atoms with Crippen LogP contribution in [0.25, 0.3) is 5.69 Å². The fourth-order valence-electron chi connectivity index (χ4n) is 3.95. The van der Waals surface area contributed by atoms with Crippen molar-refractivity contribution in [3.05, 3.63) is 60.1 Å². The van der Waals surface area contributed by atoms with Crippen LogP contribution in [-0.2, 0) is 6.18 Å². The molecule has 3 aromatic rings. The minimum atomic E-state index is -4.60. The second kappa shape index (κ2) is 9.12. The van der Waals surface area contributed by atoms with Gasteiger partial charge < -0.3 is 9.64 Å². The molecule has 0 saturated carbocycles. The Labute approximate surface area is 186 Å². The topological polar surface area (TPSA) is 86.0 Å². The molecule has 1 aliphatic heterocycles. The number of benzene rings is 1. The Hall–Kier alpha value is -3.57. The molecule has 12 heteroatoms. The Morgan fingerprint density at radius 3 is 2.58 bits per heavy atom. The Balaban J connectivity index is 1.59. The highest BCUT2D eigenvalue weighted by molar-refractivity contribution is 5.98. The van der Waals surface area contributed by atoms with Crippen molar-refractivity contribution in [1.29, 1.82) is 0 Å². The molecule has 0 aliphatic carbocycles. The predicted octanol–water partition coefficient (Wildman–Crippen LogP) is 3.68. The van der Waals surface area contributed by atoms with Crippen molar-refractivity contribution in [3.8, 4) is 11.6 Å². The normalized spacial score (nSPS) is 18.9. The van der Waals surface area contributed by atoms with E-state index in [0.29, 0.717) is 32.0 Å². The molecule has 1 saturated heterocycles. The van der Waals surface area contributed by atoms with Gasteiger partial charge in [0.25, 0.3) is 5.91 Å². The zero-order valence-electron chi connectivity index (χ0n) is 17.5. The minimum Gasteiger partial charge on any atom is -0.471 e. The molecule has 8 nitrogen and oxygen atoms in total. The van der Waals surface area contributed by atoms with Crippen molar-refractivity contribution < 1.29 is 27.1 Å². The fraction of sp³-hybridized carbons (Fsp3) is 0.381. The van der Waals surface area contributed by atoms with E-state index in [0.717, 1.165) is 6.20 Å². The molecule has 3 heterocycles. The van der Waals surface area contributed by atoms with E-state index in [9.17, 15) is 22.4 Å². The summed E-state index contributed by atoms with van der Waals surface area (Å²) in [4.78, 5) is 23.2. The van der Waals surface area contributed by atoms with Gasteiger partial charge in [-0.2, -0.15) is 28.2 Å². The molecule has 1 aromatic carbocycles. The summed E-state index contributed by atoms with van der Waals surface area (Å²) in [7, 11) is 0. The van der Waals surface area contributed by atoms with Crippen LogP contribution in [0.2, 0.25) is 0 Å². The van der Waals surface area contributed by atoms with Gasteiger partial charge in [0.2, 0.25) is 5.88 Å². The molecule has 4 rings (SSSR count). The highest BCUT2D eigenvalue weighted by atomic mass is 19.4. The first kappa shape index (κ1) is 22.6. The van der Waals surface area contributed by atoms with Gasteiger partial charge >= 0.3 is 6.18 Å². The number of likely N-dealkylation sites (tertiary alicyclic amines) is 1. The molecular weight excluding hydrogens is 444 g/mol. The van der Waals surface area contributed by atoms with E-state index in [1.807, 2.05) is 6.92 Å². The number of hydrogen-bond donors (Lipinski definition) is 0. The van der Waals surface area contributed by atoms with Crippen molar-refractivity contribution in [3.63, 3.8) is 0 Å². The van der Waals surface area contributed by atoms with E-state index >= 15 is 0 Å². The van der Waals surface area contributed by atoms with E-state index in [2.05, 4.69) is 20.2 Å². The Morgan fingerprint density at radius 2 is 1.94 bits per heavy atom. The molecule has 0 radical (unpaired) electrons. The molecule has 33 heavy (non-hydrogen) atoms. The van der Waals surface area contributed by atoms with Crippen LogP contribution in [0.15, 0.2) is 43.0 Å². The van der Waals surface area contributed by atoms with Crippen molar-refractivity contribution in [2.75, 3.05) is 6.54 Å². The molecule has 0 N–H and O–H groups in total. The summed E-state index contributed by atoms with van der Waals surface area (Å²) in [6.45, 7) is 2.22. The van der Waals surface area contributed by atoms with Gasteiger partial charge in [-0.15, -0.1) is 0 Å². The monoisotopic (exact) mass is 464 g/mol. The number of nitrogens with zero attached hydrogens (tertiary/aromatic N) is 6. The summed E-state index contributed by atoms with van der Waals surface area (Å²) >= 11 is 0. The zero-order valence-corrected chi connectivity index (χ0v) is 17.5. The van der Waals surface area contributed by atoms with E-state index in [4.69, 9.17) is 4.74 Å². The van der Waals surface area contributed by atoms with Gasteiger partial charge in [-0.3, -0.25) is 4.79 Å². The third kappa shape index (κ3) is 4.64. The van der Waals surface area contributed by atoms with Crippen LogP contribution in [-0.4, -0.2) is 54.5 Å². The number of amides is 1. The number of piperidine rings is 1. The lowest BCUT2D eigenvalue weighted by Gasteiger charge is -2.40. The molecule has 0 bridgehead atoms. The molecule has 2 atom stereocenters. The van der Waals surface area contributed by atoms with Gasteiger partial charge in [0, 0.05) is 6.54 Å². The van der Waals surface area contributed by atoms with Gasteiger partial charge in [-0.05, 0) is 31.4 Å². The van der Waals surface area contributed by atoms with Gasteiger partial charge in [0.1, 0.15) is 23.2 Å². The Morgan fingerprint density at radius 1 is 1.18 bits per heavy atom. The molecular formula is C21H20F4N6O2. The van der Waals surface area contributed by atoms with Crippen molar-refractivity contribution in [1.82, 2.24) is 29.9 Å². The van der Waals surface area contributed by atoms with E-state index in [1.54, 1.807) is 6.07 Å². The maximum atomic E-state index is 14.8. The van der Waals surface area contributed by atoms with Crippen molar-refractivity contribution >= 4 is 5.91 Å². The quantitative estimate of drug-likeness (QED) is 0.536. The third-order valence-corrected chi connectivity index (χ3v) is 5.43. The maximum absolute atomic E-state index is 14.8. The first-order chi connectivity index (χ1) is 15.8. The molecule has 174 valence electrons. The number of alkyl halides is 3. The molecule has 1 aliphatic rings. The molecule has 0 spiro atoms. The van der Waals surface area contributed by atoms with E-state index in [1.165, 1.54) is 34.2 Å². The average Bonchev–Trinajstić information content (AvgIpc) is 3.33. The highest BCUT2D eigenvalue weighted by Crippen LogP contribution is 2.30. The van der Waals surface area contributed by atoms with Gasteiger partial charge in [0.05, 0.1) is 30.8 Å². The smallest absolute Gasteiger partial charge is 0.434 e. The molecule has 0 unspecified atom stereocenters. The average molecular weight is 464 g/mol. The predicted molar refractivity (Wildman–Crippen MR) is 107 cm³/mol. The SMILES string of the molecule is CC[C@H]1[C@H](Oc2cnc(C(F)(F)F)cn2)CCCN1C(=O)c1c(F)cccc1-n1nccn1. The standard InChI is InChI=1S/C21H20F4N6O2/c1-2-14-16(33-18-12-26-17(11-27-18)21(23,24)25)7-4-10-30(14)20(32)19-13(22)5-3-6-15(19)31-28-8-9-29-31/h3,5-6,8-9,11-12,14,16H,2,4,7,10H2,1H3/t14-,16+/m0/s1. The van der Waals surface area contributed by atoms with Gasteiger partial charge in [-0.25, -0.2) is 14.4 Å². The largest absolute Gasteiger partial charge is 0.471 e. The lowest BCUT2D eigenvalue weighted by molar-refractivity contribution is -0.141. The lowest BCUT2D eigenvalue weighted by Crippen LogP contribution is -2.53. The zero-order chi connectivity index (χ0) is 23.6. The van der Waals surface area contributed by atoms with Crippen LogP contribution in [0.5, 0.6) is 5.88 Å². The van der Waals surface area contributed by atoms with Crippen molar-refractivity contribution in [2.24, 2.45) is 0 Å². The lowest BCUT2D eigenvalue weighted by atomic mass is 9.95. The fourth-order valence-corrected chi connectivity index (χ4v) is 3.95. The Kier molecular flexibility index (Phi) is 6.25. The molecule has 2 aromatic heterocycles. The number of ether oxygens (including phenoxy) is 1. The minimum absolute atomic E-state index is 0.0759. The number of carbonyl (C=O) groups is 1. The van der Waals surface area contributed by atoms with E-state index < -0.39 is 35.7 Å². The van der Waals surface area contributed by atoms with Crippen molar-refractivity contribution in [2.45, 2.75) is 44.5 Å². The van der Waals surface area contributed by atoms with Crippen LogP contribution in [0.1, 0.15) is 42.2 Å². The number of rotatable bonds is 5. The summed E-state index contributed by atoms with van der Waals surface area (Å²) in [5, 5.41) is 8.00. The van der Waals surface area contributed by atoms with E-state index in [-0.39, 0.29) is 17.1 Å². The second-order valence-electron chi connectivity index (χ2n) is 7.46. The van der Waals surface area contributed by atoms with Crippen LogP contribution in [0.4, 0.5) is 17.6 Å². The van der Waals surface area contributed by atoms with Crippen LogP contribution >= 0.6 is 0 Å². The van der Waals surface area contributed by atoms with Crippen LogP contribution in [0.3, 0.4) is 0 Å². The van der Waals surface area contributed by atoms with Gasteiger partial charge in [-0.1, -0.05) is 13.0 Å².